The molecule has 3 aromatic rings. The number of hydrogen-bond donors (Lipinski definition) is 1. The molecule has 0 saturated carbocycles. The topological polar surface area (TPSA) is 66.5 Å². The highest BCUT2D eigenvalue weighted by atomic mass is 35.5. The summed E-state index contributed by atoms with van der Waals surface area (Å²) in [5, 5.41) is 4.02. The summed E-state index contributed by atoms with van der Waals surface area (Å²) in [7, 11) is -3.92. The Labute approximate surface area is 209 Å². The van der Waals surface area contributed by atoms with Gasteiger partial charge < -0.3 is 5.32 Å². The van der Waals surface area contributed by atoms with Crippen LogP contribution >= 0.6 is 35.0 Å². The van der Waals surface area contributed by atoms with Gasteiger partial charge in [-0.25, -0.2) is 8.42 Å². The Morgan fingerprint density at radius 1 is 0.909 bits per heavy atom. The summed E-state index contributed by atoms with van der Waals surface area (Å²) in [6, 6.07) is 22.1. The minimum absolute atomic E-state index is 0.116. The maximum Gasteiger partial charge on any atom is 0.264 e. The summed E-state index contributed by atoms with van der Waals surface area (Å²) in [5.41, 5.74) is 1.52. The molecule has 0 spiro atoms. The van der Waals surface area contributed by atoms with Gasteiger partial charge in [0.1, 0.15) is 6.54 Å². The van der Waals surface area contributed by atoms with Gasteiger partial charge in [-0.3, -0.25) is 9.10 Å². The van der Waals surface area contributed by atoms with E-state index in [-0.39, 0.29) is 17.3 Å². The van der Waals surface area contributed by atoms with E-state index in [1.165, 1.54) is 12.1 Å². The molecule has 1 N–H and O–H groups in total. The normalized spacial score (nSPS) is 11.2. The van der Waals surface area contributed by atoms with Crippen LogP contribution in [0.2, 0.25) is 10.0 Å². The molecule has 0 bridgehead atoms. The van der Waals surface area contributed by atoms with Gasteiger partial charge in [0.05, 0.1) is 10.6 Å². The number of hydrogen-bond acceptors (Lipinski definition) is 4. The van der Waals surface area contributed by atoms with E-state index in [2.05, 4.69) is 5.32 Å². The predicted octanol–water partition coefficient (Wildman–Crippen LogP) is 5.63. The average molecular weight is 524 g/mol. The SMILES string of the molecule is O=C(CN(c1ccc(Cl)cc1)S(=O)(=O)c1ccccc1)NCCCSCc1cccc(Cl)c1. The van der Waals surface area contributed by atoms with Crippen LogP contribution in [0.5, 0.6) is 0 Å². The molecule has 0 saturated heterocycles. The number of halogens is 2. The van der Waals surface area contributed by atoms with Crippen LogP contribution in [0.1, 0.15) is 12.0 Å². The number of anilines is 1. The lowest BCUT2D eigenvalue weighted by molar-refractivity contribution is -0.119. The molecule has 0 aromatic heterocycles. The van der Waals surface area contributed by atoms with Gasteiger partial charge in [-0.15, -0.1) is 0 Å². The minimum Gasteiger partial charge on any atom is -0.354 e. The Morgan fingerprint density at radius 2 is 1.64 bits per heavy atom. The third-order valence-corrected chi connectivity index (χ3v) is 8.07. The van der Waals surface area contributed by atoms with E-state index in [4.69, 9.17) is 23.2 Å². The highest BCUT2D eigenvalue weighted by molar-refractivity contribution is 7.98. The van der Waals surface area contributed by atoms with Gasteiger partial charge in [0.15, 0.2) is 0 Å². The number of rotatable bonds is 11. The van der Waals surface area contributed by atoms with Crippen LogP contribution in [0.15, 0.2) is 83.8 Å². The Balaban J connectivity index is 1.56. The molecule has 0 aliphatic heterocycles. The number of amides is 1. The van der Waals surface area contributed by atoms with Gasteiger partial charge in [0.2, 0.25) is 5.91 Å². The first kappa shape index (κ1) is 25.4. The number of nitrogens with one attached hydrogen (secondary N) is 1. The van der Waals surface area contributed by atoms with Gasteiger partial charge in [-0.1, -0.05) is 53.5 Å². The summed E-state index contributed by atoms with van der Waals surface area (Å²) in [6.07, 6.45) is 0.767. The van der Waals surface area contributed by atoms with Crippen LogP contribution in [-0.2, 0) is 20.6 Å². The van der Waals surface area contributed by atoms with Crippen molar-refractivity contribution in [1.82, 2.24) is 5.32 Å². The summed E-state index contributed by atoms with van der Waals surface area (Å²) in [6.45, 7) is 0.135. The second-order valence-corrected chi connectivity index (χ2v) is 11.0. The molecule has 174 valence electrons. The number of nitrogens with zero attached hydrogens (tertiary/aromatic N) is 1. The molecule has 9 heteroatoms. The van der Waals surface area contributed by atoms with E-state index >= 15 is 0 Å². The maximum absolute atomic E-state index is 13.2. The Kier molecular flexibility index (Phi) is 9.50. The fourth-order valence-electron chi connectivity index (χ4n) is 3.05. The zero-order chi connectivity index (χ0) is 23.7. The van der Waals surface area contributed by atoms with Crippen molar-refractivity contribution in [3.63, 3.8) is 0 Å². The van der Waals surface area contributed by atoms with Crippen molar-refractivity contribution in [2.75, 3.05) is 23.1 Å². The molecule has 0 radical (unpaired) electrons. The number of benzene rings is 3. The lowest BCUT2D eigenvalue weighted by Crippen LogP contribution is -2.41. The van der Waals surface area contributed by atoms with E-state index in [0.29, 0.717) is 17.3 Å². The standard InChI is InChI=1S/C24H24Cl2N2O3S2/c25-20-10-12-22(13-11-20)28(33(30,31)23-8-2-1-3-9-23)17-24(29)27-14-5-15-32-18-19-6-4-7-21(26)16-19/h1-4,6-13,16H,5,14-15,17-18H2,(H,27,29). The molecule has 1 amide bonds. The molecule has 0 atom stereocenters. The first-order valence-corrected chi connectivity index (χ1v) is 13.6. The van der Waals surface area contributed by atoms with Gasteiger partial charge in [-0.05, 0) is 66.3 Å². The second-order valence-electron chi connectivity index (χ2n) is 7.19. The van der Waals surface area contributed by atoms with Crippen molar-refractivity contribution in [2.24, 2.45) is 0 Å². The van der Waals surface area contributed by atoms with Gasteiger partial charge in [-0.2, -0.15) is 11.8 Å². The van der Waals surface area contributed by atoms with Crippen LogP contribution in [0.3, 0.4) is 0 Å². The molecule has 33 heavy (non-hydrogen) atoms. The number of thioether (sulfide) groups is 1. The van der Waals surface area contributed by atoms with Crippen LogP contribution < -0.4 is 9.62 Å². The van der Waals surface area contributed by atoms with Crippen LogP contribution in [-0.4, -0.2) is 33.2 Å². The lowest BCUT2D eigenvalue weighted by Gasteiger charge is -2.24. The predicted molar refractivity (Wildman–Crippen MR) is 138 cm³/mol. The number of carbonyl (C=O) groups excluding carboxylic acids is 1. The van der Waals surface area contributed by atoms with Crippen LogP contribution in [0.4, 0.5) is 5.69 Å². The summed E-state index contributed by atoms with van der Waals surface area (Å²) < 4.78 is 27.6. The third kappa shape index (κ3) is 7.67. The zero-order valence-corrected chi connectivity index (χ0v) is 20.9. The number of carbonyl (C=O) groups is 1. The van der Waals surface area contributed by atoms with Crippen molar-refractivity contribution in [2.45, 2.75) is 17.1 Å². The first-order valence-electron chi connectivity index (χ1n) is 10.3. The van der Waals surface area contributed by atoms with Crippen molar-refractivity contribution in [3.8, 4) is 0 Å². The molecule has 5 nitrogen and oxygen atoms in total. The summed E-state index contributed by atoms with van der Waals surface area (Å²) in [5.74, 6) is 1.33. The monoisotopic (exact) mass is 522 g/mol. The number of sulfonamides is 1. The van der Waals surface area contributed by atoms with Crippen molar-refractivity contribution in [3.05, 3.63) is 94.5 Å². The fraction of sp³-hybridized carbons (Fsp3) is 0.208. The van der Waals surface area contributed by atoms with Gasteiger partial charge in [0.25, 0.3) is 10.0 Å². The maximum atomic E-state index is 13.2. The Bertz CT molecular complexity index is 1160. The van der Waals surface area contributed by atoms with Crippen molar-refractivity contribution >= 4 is 56.6 Å². The smallest absolute Gasteiger partial charge is 0.264 e. The molecule has 0 aliphatic carbocycles. The second kappa shape index (κ2) is 12.3. The Hall–Kier alpha value is -2.19. The Morgan fingerprint density at radius 3 is 2.33 bits per heavy atom. The molecule has 3 aromatic carbocycles. The highest BCUT2D eigenvalue weighted by Crippen LogP contribution is 2.25. The molecule has 0 heterocycles. The molecule has 0 unspecified atom stereocenters. The van der Waals surface area contributed by atoms with Gasteiger partial charge >= 0.3 is 0 Å². The highest BCUT2D eigenvalue weighted by Gasteiger charge is 2.26. The molecule has 0 aliphatic rings. The third-order valence-electron chi connectivity index (χ3n) is 4.68. The summed E-state index contributed by atoms with van der Waals surface area (Å²) >= 11 is 13.7. The van der Waals surface area contributed by atoms with E-state index in [1.54, 1.807) is 54.2 Å². The minimum atomic E-state index is -3.92. The van der Waals surface area contributed by atoms with E-state index in [1.807, 2.05) is 24.3 Å². The van der Waals surface area contributed by atoms with Crippen molar-refractivity contribution in [1.29, 1.82) is 0 Å². The zero-order valence-electron chi connectivity index (χ0n) is 17.8. The molecule has 3 rings (SSSR count). The largest absolute Gasteiger partial charge is 0.354 e. The molecular weight excluding hydrogens is 499 g/mol. The lowest BCUT2D eigenvalue weighted by atomic mass is 10.2. The van der Waals surface area contributed by atoms with Crippen LogP contribution in [0.25, 0.3) is 0 Å². The fourth-order valence-corrected chi connectivity index (χ4v) is 5.74. The summed E-state index contributed by atoms with van der Waals surface area (Å²) in [4.78, 5) is 12.7. The quantitative estimate of drug-likeness (QED) is 0.331. The van der Waals surface area contributed by atoms with Crippen molar-refractivity contribution < 1.29 is 13.2 Å². The van der Waals surface area contributed by atoms with E-state index in [0.717, 1.165) is 32.8 Å². The van der Waals surface area contributed by atoms with E-state index < -0.39 is 10.0 Å². The van der Waals surface area contributed by atoms with E-state index in [9.17, 15) is 13.2 Å². The van der Waals surface area contributed by atoms with Gasteiger partial charge in [0, 0.05) is 22.3 Å². The molecule has 0 fully saturated rings. The van der Waals surface area contributed by atoms with Crippen LogP contribution in [0, 0.1) is 0 Å². The first-order chi connectivity index (χ1) is 15.9. The average Bonchev–Trinajstić information content (AvgIpc) is 2.81. The molecular formula is C24H24Cl2N2O3S2.